The lowest BCUT2D eigenvalue weighted by Gasteiger charge is -2.39. The number of hydrogen-bond acceptors (Lipinski definition) is 9. The number of aliphatic hydroxyl groups excluding tert-OH is 4. The first-order valence-electron chi connectivity index (χ1n) is 7.58. The molecule has 4 N–H and O–H groups in total. The van der Waals surface area contributed by atoms with Gasteiger partial charge in [0.05, 0.1) is 20.8 Å². The average molecular weight is 358 g/mol. The van der Waals surface area contributed by atoms with E-state index in [1.165, 1.54) is 33.3 Å². The summed E-state index contributed by atoms with van der Waals surface area (Å²) in [6.45, 7) is 0.719. The topological polar surface area (TPSA) is 135 Å². The fraction of sp³-hybridized carbons (Fsp3) is 0.562. The standard InChI is InChI=1S/C16H22O9/c1-7(18)12-9(23-3)4-8(22-2)5-10(12)24-16-15(21)14(20)13(19)11(6-17)25-16/h4-5,11,13-17,19-21H,6H2,1-3H3. The van der Waals surface area contributed by atoms with E-state index in [2.05, 4.69) is 0 Å². The molecule has 0 aliphatic carbocycles. The number of rotatable bonds is 6. The average Bonchev–Trinajstić information content (AvgIpc) is 2.60. The van der Waals surface area contributed by atoms with Crippen molar-refractivity contribution >= 4 is 5.78 Å². The molecule has 1 aromatic carbocycles. The summed E-state index contributed by atoms with van der Waals surface area (Å²) in [5, 5.41) is 38.9. The minimum absolute atomic E-state index is 0.00743. The summed E-state index contributed by atoms with van der Waals surface area (Å²) in [7, 11) is 2.79. The van der Waals surface area contributed by atoms with Crippen molar-refractivity contribution in [3.8, 4) is 17.2 Å². The van der Waals surface area contributed by atoms with E-state index in [0.717, 1.165) is 0 Å². The first-order valence-corrected chi connectivity index (χ1v) is 7.58. The summed E-state index contributed by atoms with van der Waals surface area (Å²) in [5.41, 5.74) is 0.0975. The second kappa shape index (κ2) is 7.98. The van der Waals surface area contributed by atoms with E-state index in [0.29, 0.717) is 5.75 Å². The van der Waals surface area contributed by atoms with Gasteiger partial charge in [-0.2, -0.15) is 0 Å². The first-order chi connectivity index (χ1) is 11.8. The quantitative estimate of drug-likeness (QED) is 0.476. The third-order valence-corrected chi connectivity index (χ3v) is 3.94. The molecule has 5 atom stereocenters. The van der Waals surface area contributed by atoms with E-state index in [-0.39, 0.29) is 22.8 Å². The van der Waals surface area contributed by atoms with Crippen molar-refractivity contribution in [1.29, 1.82) is 0 Å². The number of carbonyl (C=O) groups excluding carboxylic acids is 1. The molecule has 0 bridgehead atoms. The van der Waals surface area contributed by atoms with Gasteiger partial charge in [0.15, 0.2) is 5.78 Å². The molecule has 9 heteroatoms. The number of ketones is 1. The maximum atomic E-state index is 12.0. The van der Waals surface area contributed by atoms with Crippen molar-refractivity contribution in [2.45, 2.75) is 37.6 Å². The van der Waals surface area contributed by atoms with E-state index in [4.69, 9.17) is 18.9 Å². The van der Waals surface area contributed by atoms with Crippen LogP contribution in [0.2, 0.25) is 0 Å². The van der Waals surface area contributed by atoms with Gasteiger partial charge < -0.3 is 39.4 Å². The van der Waals surface area contributed by atoms with Crippen molar-refractivity contribution in [2.24, 2.45) is 0 Å². The second-order valence-electron chi connectivity index (χ2n) is 5.57. The number of Topliss-reactive ketones (excluding diaryl/α,β-unsaturated/α-hetero) is 1. The first kappa shape index (κ1) is 19.4. The monoisotopic (exact) mass is 358 g/mol. The van der Waals surface area contributed by atoms with Crippen LogP contribution in [0, 0.1) is 0 Å². The second-order valence-corrected chi connectivity index (χ2v) is 5.57. The Hall–Kier alpha value is -1.91. The highest BCUT2D eigenvalue weighted by atomic mass is 16.7. The summed E-state index contributed by atoms with van der Waals surface area (Å²) >= 11 is 0. The molecule has 1 fully saturated rings. The summed E-state index contributed by atoms with van der Waals surface area (Å²) in [5.74, 6) is 0.181. The number of benzene rings is 1. The molecule has 2 rings (SSSR count). The Morgan fingerprint density at radius 3 is 2.24 bits per heavy atom. The molecule has 1 aliphatic heterocycles. The molecule has 1 saturated heterocycles. The van der Waals surface area contributed by atoms with Gasteiger partial charge in [-0.1, -0.05) is 0 Å². The fourth-order valence-electron chi connectivity index (χ4n) is 2.57. The van der Waals surface area contributed by atoms with Crippen LogP contribution >= 0.6 is 0 Å². The number of ether oxygens (including phenoxy) is 4. The molecule has 25 heavy (non-hydrogen) atoms. The van der Waals surface area contributed by atoms with Crippen molar-refractivity contribution < 1.29 is 44.2 Å². The highest BCUT2D eigenvalue weighted by molar-refractivity contribution is 6.00. The summed E-state index contributed by atoms with van der Waals surface area (Å²) < 4.78 is 21.1. The maximum Gasteiger partial charge on any atom is 0.229 e. The van der Waals surface area contributed by atoms with Crippen molar-refractivity contribution in [3.05, 3.63) is 17.7 Å². The van der Waals surface area contributed by atoms with Crippen LogP contribution in [0.3, 0.4) is 0 Å². The predicted molar refractivity (Wildman–Crippen MR) is 83.9 cm³/mol. The third-order valence-electron chi connectivity index (χ3n) is 3.94. The Balaban J connectivity index is 2.39. The molecule has 9 nitrogen and oxygen atoms in total. The highest BCUT2D eigenvalue weighted by Gasteiger charge is 2.45. The molecule has 0 radical (unpaired) electrons. The number of carbonyl (C=O) groups is 1. The molecule has 140 valence electrons. The molecule has 0 spiro atoms. The van der Waals surface area contributed by atoms with E-state index >= 15 is 0 Å². The van der Waals surface area contributed by atoms with Gasteiger partial charge in [0, 0.05) is 12.1 Å². The highest BCUT2D eigenvalue weighted by Crippen LogP contribution is 2.36. The number of hydrogen-bond donors (Lipinski definition) is 4. The van der Waals surface area contributed by atoms with Crippen LogP contribution in [0.15, 0.2) is 12.1 Å². The zero-order valence-corrected chi connectivity index (χ0v) is 14.1. The molecule has 5 unspecified atom stereocenters. The Morgan fingerprint density at radius 1 is 1.08 bits per heavy atom. The summed E-state index contributed by atoms with van der Waals surface area (Å²) in [6, 6.07) is 2.90. The fourth-order valence-corrected chi connectivity index (χ4v) is 2.57. The van der Waals surface area contributed by atoms with E-state index in [1.807, 2.05) is 0 Å². The third kappa shape index (κ3) is 3.86. The molecule has 1 aromatic rings. The smallest absolute Gasteiger partial charge is 0.229 e. The van der Waals surface area contributed by atoms with Gasteiger partial charge in [-0.25, -0.2) is 0 Å². The maximum absolute atomic E-state index is 12.0. The van der Waals surface area contributed by atoms with Gasteiger partial charge in [-0.05, 0) is 6.92 Å². The lowest BCUT2D eigenvalue weighted by atomic mass is 9.99. The van der Waals surface area contributed by atoms with Gasteiger partial charge in [0.1, 0.15) is 47.2 Å². The van der Waals surface area contributed by atoms with Gasteiger partial charge in [-0.3, -0.25) is 4.79 Å². The molecule has 0 amide bonds. The van der Waals surface area contributed by atoms with Crippen molar-refractivity contribution in [3.63, 3.8) is 0 Å². The van der Waals surface area contributed by atoms with Crippen LogP contribution < -0.4 is 14.2 Å². The number of methoxy groups -OCH3 is 2. The van der Waals surface area contributed by atoms with Crippen LogP contribution in [0.5, 0.6) is 17.2 Å². The number of aliphatic hydroxyl groups is 4. The summed E-state index contributed by atoms with van der Waals surface area (Å²) in [6.07, 6.45) is -7.26. The molecule has 0 saturated carbocycles. The van der Waals surface area contributed by atoms with E-state index in [9.17, 15) is 25.2 Å². The molecule has 1 aliphatic rings. The molecule has 0 aromatic heterocycles. The zero-order chi connectivity index (χ0) is 18.7. The Morgan fingerprint density at radius 2 is 1.72 bits per heavy atom. The molecular formula is C16H22O9. The van der Waals surface area contributed by atoms with Gasteiger partial charge in [0.25, 0.3) is 0 Å². The Bertz CT molecular complexity index is 616. The lowest BCUT2D eigenvalue weighted by molar-refractivity contribution is -0.277. The van der Waals surface area contributed by atoms with Gasteiger partial charge in [0.2, 0.25) is 6.29 Å². The minimum Gasteiger partial charge on any atom is -0.496 e. The minimum atomic E-state index is -1.60. The summed E-state index contributed by atoms with van der Waals surface area (Å²) in [4.78, 5) is 12.0. The van der Waals surface area contributed by atoms with Crippen LogP contribution in [-0.4, -0.2) is 77.7 Å². The van der Waals surface area contributed by atoms with Crippen LogP contribution in [0.25, 0.3) is 0 Å². The van der Waals surface area contributed by atoms with Crippen molar-refractivity contribution in [1.82, 2.24) is 0 Å². The van der Waals surface area contributed by atoms with E-state index in [1.54, 1.807) is 0 Å². The Labute approximate surface area is 144 Å². The SMILES string of the molecule is COc1cc(OC)c(C(C)=O)c(OC2OC(CO)C(O)C(O)C2O)c1. The Kier molecular flexibility index (Phi) is 6.20. The molecule has 1 heterocycles. The largest absolute Gasteiger partial charge is 0.496 e. The van der Waals surface area contributed by atoms with E-state index < -0.39 is 37.3 Å². The van der Waals surface area contributed by atoms with Gasteiger partial charge >= 0.3 is 0 Å². The van der Waals surface area contributed by atoms with Crippen LogP contribution in [0.4, 0.5) is 0 Å². The predicted octanol–water partition coefficient (Wildman–Crippen LogP) is -0.915. The van der Waals surface area contributed by atoms with Crippen molar-refractivity contribution in [2.75, 3.05) is 20.8 Å². The van der Waals surface area contributed by atoms with Crippen LogP contribution in [-0.2, 0) is 4.74 Å². The van der Waals surface area contributed by atoms with Crippen LogP contribution in [0.1, 0.15) is 17.3 Å². The van der Waals surface area contributed by atoms with Gasteiger partial charge in [-0.15, -0.1) is 0 Å². The lowest BCUT2D eigenvalue weighted by Crippen LogP contribution is -2.60. The normalized spacial score (nSPS) is 29.2. The zero-order valence-electron chi connectivity index (χ0n) is 14.1. The molecular weight excluding hydrogens is 336 g/mol.